The molecule has 1 aliphatic rings. The third-order valence-corrected chi connectivity index (χ3v) is 10.2. The van der Waals surface area contributed by atoms with E-state index < -0.39 is 0 Å². The van der Waals surface area contributed by atoms with E-state index in [2.05, 4.69) is 114 Å². The molecular formula is C42H32N10. The number of H-pyrrole nitrogens is 1. The molecule has 5 aromatic carbocycles. The maximum Gasteiger partial charge on any atom is 0.179 e. The summed E-state index contributed by atoms with van der Waals surface area (Å²) in [7, 11) is 0. The van der Waals surface area contributed by atoms with E-state index in [4.69, 9.17) is 15.0 Å². The number of nitrogens with one attached hydrogen (secondary N) is 1. The van der Waals surface area contributed by atoms with Gasteiger partial charge in [-0.05, 0) is 71.3 Å². The SMILES string of the molecule is c1ccc(-c2nc3ccc(-c4nc5cc(-c6nnn[nH]6)ccc5n4C4CCCCC4)c(-c4ccccc4)c3nc2-c2ccc3nccnc3c2)cc1. The number of fused-ring (bicyclic) bond motifs is 3. The lowest BCUT2D eigenvalue weighted by Gasteiger charge is -2.26. The second-order valence-electron chi connectivity index (χ2n) is 13.3. The smallest absolute Gasteiger partial charge is 0.179 e. The minimum Gasteiger partial charge on any atom is -0.321 e. The highest BCUT2D eigenvalue weighted by Gasteiger charge is 2.26. The number of aromatic amines is 1. The predicted octanol–water partition coefficient (Wildman–Crippen LogP) is 9.28. The van der Waals surface area contributed by atoms with E-state index in [1.807, 2.05) is 30.3 Å². The molecule has 1 aliphatic carbocycles. The lowest BCUT2D eigenvalue weighted by Crippen LogP contribution is -2.14. The van der Waals surface area contributed by atoms with Crippen LogP contribution in [0.4, 0.5) is 0 Å². The Kier molecular flexibility index (Phi) is 7.30. The van der Waals surface area contributed by atoms with Crippen molar-refractivity contribution < 1.29 is 0 Å². The molecule has 52 heavy (non-hydrogen) atoms. The molecule has 0 unspecified atom stereocenters. The number of tetrazole rings is 1. The van der Waals surface area contributed by atoms with Crippen molar-refractivity contribution in [1.29, 1.82) is 0 Å². The molecule has 10 nitrogen and oxygen atoms in total. The monoisotopic (exact) mass is 676 g/mol. The molecule has 0 radical (unpaired) electrons. The predicted molar refractivity (Wildman–Crippen MR) is 203 cm³/mol. The quantitative estimate of drug-likeness (QED) is 0.185. The highest BCUT2D eigenvalue weighted by atomic mass is 15.5. The Morgan fingerprint density at radius 2 is 1.29 bits per heavy atom. The zero-order chi connectivity index (χ0) is 34.4. The summed E-state index contributed by atoms with van der Waals surface area (Å²) in [5.41, 5.74) is 12.7. The van der Waals surface area contributed by atoms with E-state index in [1.165, 1.54) is 19.3 Å². The minimum atomic E-state index is 0.326. The summed E-state index contributed by atoms with van der Waals surface area (Å²) in [5, 5.41) is 14.7. The van der Waals surface area contributed by atoms with Crippen molar-refractivity contribution in [2.75, 3.05) is 0 Å². The van der Waals surface area contributed by atoms with Crippen LogP contribution in [0.3, 0.4) is 0 Å². The van der Waals surface area contributed by atoms with Crippen LogP contribution < -0.4 is 0 Å². The van der Waals surface area contributed by atoms with Crippen LogP contribution in [0.15, 0.2) is 122 Å². The van der Waals surface area contributed by atoms with E-state index >= 15 is 0 Å². The molecule has 0 aliphatic heterocycles. The molecule has 0 spiro atoms. The van der Waals surface area contributed by atoms with Crippen LogP contribution in [-0.2, 0) is 0 Å². The van der Waals surface area contributed by atoms with E-state index in [0.29, 0.717) is 11.9 Å². The van der Waals surface area contributed by atoms with E-state index in [0.717, 1.165) is 96.5 Å². The van der Waals surface area contributed by atoms with Crippen molar-refractivity contribution in [2.45, 2.75) is 38.1 Å². The third-order valence-electron chi connectivity index (χ3n) is 10.2. The molecule has 4 aromatic heterocycles. The second-order valence-corrected chi connectivity index (χ2v) is 13.3. The maximum absolute atomic E-state index is 5.56. The number of nitrogens with zero attached hydrogens (tertiary/aromatic N) is 9. The third kappa shape index (κ3) is 5.19. The average Bonchev–Trinajstić information content (AvgIpc) is 3.90. The Hall–Kier alpha value is -6.68. The number of imidazole rings is 1. The van der Waals surface area contributed by atoms with Crippen molar-refractivity contribution in [1.82, 2.24) is 50.1 Å². The summed E-state index contributed by atoms with van der Waals surface area (Å²) >= 11 is 0. The Morgan fingerprint density at radius 3 is 2.08 bits per heavy atom. The van der Waals surface area contributed by atoms with Crippen molar-refractivity contribution in [3.63, 3.8) is 0 Å². The van der Waals surface area contributed by atoms with Gasteiger partial charge in [0.15, 0.2) is 5.82 Å². The average molecular weight is 677 g/mol. The van der Waals surface area contributed by atoms with E-state index in [-0.39, 0.29) is 0 Å². The molecular weight excluding hydrogens is 645 g/mol. The standard InChI is InChI=1S/C42H32N10/c1-4-10-26(11-5-1)37-31(42-46-35-25-29(41-48-50-51-49-41)17-21-36(35)52(42)30-14-8-3-9-15-30)18-20-33-40(37)47-39(38(45-33)27-12-6-2-7-13-27)28-16-19-32-34(24-28)44-23-22-43-32/h1-2,4-7,10-13,16-25,30H,3,8-9,14-15H2,(H,48,49,50,51). The summed E-state index contributed by atoms with van der Waals surface area (Å²) < 4.78 is 2.47. The van der Waals surface area contributed by atoms with Gasteiger partial charge in [0.25, 0.3) is 0 Å². The molecule has 10 heteroatoms. The topological polar surface area (TPSA) is 124 Å². The van der Waals surface area contributed by atoms with Crippen LogP contribution in [0.5, 0.6) is 0 Å². The first-order chi connectivity index (χ1) is 25.8. The molecule has 250 valence electrons. The Labute approximate surface area is 298 Å². The summed E-state index contributed by atoms with van der Waals surface area (Å²) in [6.45, 7) is 0. The lowest BCUT2D eigenvalue weighted by molar-refractivity contribution is 0.362. The molecule has 0 saturated heterocycles. The zero-order valence-corrected chi connectivity index (χ0v) is 28.2. The number of rotatable bonds is 6. The van der Waals surface area contributed by atoms with Gasteiger partial charge in [-0.1, -0.05) is 86.0 Å². The summed E-state index contributed by atoms with van der Waals surface area (Å²) in [5.74, 6) is 1.54. The fourth-order valence-corrected chi connectivity index (χ4v) is 7.74. The van der Waals surface area contributed by atoms with Crippen LogP contribution in [0.2, 0.25) is 0 Å². The van der Waals surface area contributed by atoms with Crippen LogP contribution in [0.25, 0.3) is 89.5 Å². The molecule has 0 amide bonds. The Bertz CT molecular complexity index is 2720. The van der Waals surface area contributed by atoms with Gasteiger partial charge in [-0.2, -0.15) is 0 Å². The number of hydrogen-bond donors (Lipinski definition) is 1. The number of benzene rings is 5. The van der Waals surface area contributed by atoms with Crippen LogP contribution in [-0.4, -0.2) is 50.1 Å². The van der Waals surface area contributed by atoms with Crippen molar-refractivity contribution in [3.8, 4) is 56.4 Å². The fraction of sp³-hybridized carbons (Fsp3) is 0.143. The molecule has 10 rings (SSSR count). The van der Waals surface area contributed by atoms with Gasteiger partial charge in [-0.15, -0.1) is 5.10 Å². The van der Waals surface area contributed by atoms with Crippen molar-refractivity contribution >= 4 is 33.1 Å². The molecule has 9 aromatic rings. The van der Waals surface area contributed by atoms with E-state index in [9.17, 15) is 0 Å². The first-order valence-corrected chi connectivity index (χ1v) is 17.7. The largest absolute Gasteiger partial charge is 0.321 e. The van der Waals surface area contributed by atoms with Crippen molar-refractivity contribution in [2.24, 2.45) is 0 Å². The zero-order valence-electron chi connectivity index (χ0n) is 28.2. The first kappa shape index (κ1) is 30.2. The van der Waals surface area contributed by atoms with Gasteiger partial charge in [-0.25, -0.2) is 20.1 Å². The summed E-state index contributed by atoms with van der Waals surface area (Å²) in [6.07, 6.45) is 9.30. The highest BCUT2D eigenvalue weighted by molar-refractivity contribution is 6.03. The summed E-state index contributed by atoms with van der Waals surface area (Å²) in [6, 6.07) is 37.8. The van der Waals surface area contributed by atoms with Gasteiger partial charge in [0.2, 0.25) is 0 Å². The molecule has 4 heterocycles. The van der Waals surface area contributed by atoms with Gasteiger partial charge in [0, 0.05) is 46.3 Å². The molecule has 1 saturated carbocycles. The van der Waals surface area contributed by atoms with Crippen LogP contribution >= 0.6 is 0 Å². The Morgan fingerprint density at radius 1 is 0.577 bits per heavy atom. The maximum atomic E-state index is 5.56. The number of aromatic nitrogens is 10. The van der Waals surface area contributed by atoms with Gasteiger partial charge in [0.1, 0.15) is 5.82 Å². The first-order valence-electron chi connectivity index (χ1n) is 17.7. The molecule has 1 fully saturated rings. The molecule has 0 atom stereocenters. The summed E-state index contributed by atoms with van der Waals surface area (Å²) in [4.78, 5) is 25.5. The van der Waals surface area contributed by atoms with Crippen LogP contribution in [0, 0.1) is 0 Å². The highest BCUT2D eigenvalue weighted by Crippen LogP contribution is 2.43. The second kappa shape index (κ2) is 12.6. The normalized spacial score (nSPS) is 13.7. The van der Waals surface area contributed by atoms with E-state index in [1.54, 1.807) is 12.4 Å². The van der Waals surface area contributed by atoms with Gasteiger partial charge >= 0.3 is 0 Å². The van der Waals surface area contributed by atoms with Gasteiger partial charge in [0.05, 0.1) is 44.5 Å². The number of hydrogen-bond acceptors (Lipinski definition) is 8. The molecule has 1 N–H and O–H groups in total. The lowest BCUT2D eigenvalue weighted by atomic mass is 9.93. The van der Waals surface area contributed by atoms with Gasteiger partial charge < -0.3 is 4.57 Å². The van der Waals surface area contributed by atoms with Gasteiger partial charge in [-0.3, -0.25) is 9.97 Å². The Balaban J connectivity index is 1.27. The van der Waals surface area contributed by atoms with Crippen LogP contribution in [0.1, 0.15) is 38.1 Å². The van der Waals surface area contributed by atoms with Crippen molar-refractivity contribution in [3.05, 3.63) is 122 Å². The molecule has 0 bridgehead atoms. The fourth-order valence-electron chi connectivity index (χ4n) is 7.74. The minimum absolute atomic E-state index is 0.326.